The van der Waals surface area contributed by atoms with Crippen LogP contribution in [-0.2, 0) is 0 Å². The molecule has 6 rings (SSSR count). The van der Waals surface area contributed by atoms with Crippen LogP contribution in [0.3, 0.4) is 0 Å². The number of hydrogen-bond acceptors (Lipinski definition) is 3. The average Bonchev–Trinajstić information content (AvgIpc) is 3.37. The van der Waals surface area contributed by atoms with Crippen LogP contribution in [0.2, 0.25) is 0 Å². The lowest BCUT2D eigenvalue weighted by Crippen LogP contribution is -2.46. The fraction of sp³-hybridized carbons (Fsp3) is 0.333. The Kier molecular flexibility index (Phi) is 3.79. The number of halogens is 1. The monoisotopic (exact) mass is 448 g/mol. The van der Waals surface area contributed by atoms with Gasteiger partial charge in [-0.2, -0.15) is 0 Å². The third kappa shape index (κ3) is 2.49. The minimum Gasteiger partial charge on any atom is -0.363 e. The zero-order valence-electron chi connectivity index (χ0n) is 15.9. The lowest BCUT2D eigenvalue weighted by Gasteiger charge is -2.51. The molecule has 0 saturated carbocycles. The van der Waals surface area contributed by atoms with E-state index in [1.807, 2.05) is 12.1 Å². The van der Waals surface area contributed by atoms with Gasteiger partial charge in [-0.15, -0.1) is 0 Å². The van der Waals surface area contributed by atoms with E-state index in [1.54, 1.807) is 12.1 Å². The molecule has 0 saturated heterocycles. The highest BCUT2D eigenvalue weighted by molar-refractivity contribution is 9.10. The number of non-ortho nitro benzene ring substituents is 1. The molecule has 2 aliphatic carbocycles. The highest BCUT2D eigenvalue weighted by atomic mass is 79.9. The van der Waals surface area contributed by atoms with Crippen molar-refractivity contribution in [1.29, 1.82) is 0 Å². The van der Waals surface area contributed by atoms with Gasteiger partial charge in [0.2, 0.25) is 0 Å². The van der Waals surface area contributed by atoms with Gasteiger partial charge in [-0.3, -0.25) is 10.1 Å². The Labute approximate surface area is 178 Å². The fourth-order valence-electron chi connectivity index (χ4n) is 6.11. The van der Waals surface area contributed by atoms with Crippen molar-refractivity contribution in [3.8, 4) is 0 Å². The van der Waals surface area contributed by atoms with Gasteiger partial charge in [0.1, 0.15) is 0 Å². The van der Waals surface area contributed by atoms with Crippen LogP contribution in [0.5, 0.6) is 0 Å². The first-order valence-electron chi connectivity index (χ1n) is 10.3. The maximum atomic E-state index is 11.1. The van der Waals surface area contributed by atoms with Gasteiger partial charge in [0, 0.05) is 40.7 Å². The Morgan fingerprint density at radius 2 is 1.69 bits per heavy atom. The molecule has 0 unspecified atom stereocenters. The summed E-state index contributed by atoms with van der Waals surface area (Å²) in [5.41, 5.74) is 5.62. The average molecular weight is 449 g/mol. The summed E-state index contributed by atoms with van der Waals surface area (Å²) in [5, 5.41) is 11.1. The molecule has 0 amide bonds. The van der Waals surface area contributed by atoms with Gasteiger partial charge in [-0.05, 0) is 53.5 Å². The van der Waals surface area contributed by atoms with E-state index in [9.17, 15) is 10.1 Å². The maximum Gasteiger partial charge on any atom is 0.269 e. The number of hydrogen-bond donors (Lipinski definition) is 0. The van der Waals surface area contributed by atoms with E-state index < -0.39 is 0 Å². The van der Waals surface area contributed by atoms with Gasteiger partial charge in [0.05, 0.1) is 11.0 Å². The molecule has 5 atom stereocenters. The lowest BCUT2D eigenvalue weighted by molar-refractivity contribution is -0.384. The summed E-state index contributed by atoms with van der Waals surface area (Å²) in [5.74, 6) is 1.98. The number of allylic oxidation sites excluding steroid dienone is 4. The topological polar surface area (TPSA) is 46.4 Å². The van der Waals surface area contributed by atoms with Crippen molar-refractivity contribution >= 4 is 27.3 Å². The highest BCUT2D eigenvalue weighted by Gasteiger charge is 2.47. The number of rotatable bonds is 2. The minimum atomic E-state index is -0.314. The second-order valence-electron chi connectivity index (χ2n) is 8.68. The van der Waals surface area contributed by atoms with Crippen molar-refractivity contribution in [3.05, 3.63) is 92.0 Å². The molecule has 4 aliphatic rings. The first-order chi connectivity index (χ1) is 14.1. The first-order valence-corrected chi connectivity index (χ1v) is 11.1. The Hall–Kier alpha value is -2.40. The number of nitro groups is 1. The van der Waals surface area contributed by atoms with Crippen LogP contribution in [-0.4, -0.2) is 11.5 Å². The highest BCUT2D eigenvalue weighted by Crippen LogP contribution is 2.59. The van der Waals surface area contributed by atoms with E-state index in [2.05, 4.69) is 57.3 Å². The SMILES string of the molecule is O=[N+]([O-])c1ccc([C@H]2[C@@H]3CC=C[C@@H]3c3cc(Br)cc4c3N2C[C@H]2CC=C[C@H]42)cc1. The summed E-state index contributed by atoms with van der Waals surface area (Å²) >= 11 is 3.77. The number of nitrogens with zero attached hydrogens (tertiary/aromatic N) is 2. The molecule has 146 valence electrons. The molecular formula is C24H21BrN2O2. The van der Waals surface area contributed by atoms with E-state index >= 15 is 0 Å². The smallest absolute Gasteiger partial charge is 0.269 e. The molecule has 4 nitrogen and oxygen atoms in total. The zero-order chi connectivity index (χ0) is 19.7. The summed E-state index contributed by atoms with van der Waals surface area (Å²) < 4.78 is 1.17. The van der Waals surface area contributed by atoms with E-state index in [1.165, 1.54) is 26.9 Å². The van der Waals surface area contributed by atoms with Gasteiger partial charge in [0.15, 0.2) is 0 Å². The third-order valence-electron chi connectivity index (χ3n) is 7.26. The molecule has 0 aromatic heterocycles. The standard InChI is InChI=1S/C24H21BrN2O2/c25-16-11-21-18-4-1-3-15(18)13-26-23(14-7-9-17(10-8-14)27(28)29)20-6-2-5-19(20)22(12-16)24(21)26/h1-2,4-5,7-12,15,18-20,23H,3,6,13H2/t15-,18+,19+,20-,23+/m1/s1. The van der Waals surface area contributed by atoms with Gasteiger partial charge in [-0.1, -0.05) is 52.4 Å². The largest absolute Gasteiger partial charge is 0.363 e. The van der Waals surface area contributed by atoms with Gasteiger partial charge in [-0.25, -0.2) is 0 Å². The fourth-order valence-corrected chi connectivity index (χ4v) is 6.60. The molecule has 2 aromatic rings. The lowest BCUT2D eigenvalue weighted by atomic mass is 9.71. The van der Waals surface area contributed by atoms with Gasteiger partial charge < -0.3 is 4.90 Å². The predicted octanol–water partition coefficient (Wildman–Crippen LogP) is 6.25. The normalized spacial score (nSPS) is 30.8. The molecule has 0 bridgehead atoms. The molecule has 0 fully saturated rings. The summed E-state index contributed by atoms with van der Waals surface area (Å²) in [4.78, 5) is 13.5. The molecule has 2 aliphatic heterocycles. The van der Waals surface area contributed by atoms with Crippen LogP contribution in [0.15, 0.2) is 65.2 Å². The summed E-state index contributed by atoms with van der Waals surface area (Å²) in [7, 11) is 0. The Morgan fingerprint density at radius 1 is 1.00 bits per heavy atom. The van der Waals surface area contributed by atoms with Crippen molar-refractivity contribution in [1.82, 2.24) is 0 Å². The molecule has 5 heteroatoms. The van der Waals surface area contributed by atoms with E-state index in [0.717, 1.165) is 19.4 Å². The molecular weight excluding hydrogens is 428 g/mol. The summed E-state index contributed by atoms with van der Waals surface area (Å²) in [6, 6.07) is 12.1. The van der Waals surface area contributed by atoms with Crippen molar-refractivity contribution in [3.63, 3.8) is 0 Å². The number of anilines is 1. The van der Waals surface area contributed by atoms with Gasteiger partial charge >= 0.3 is 0 Å². The van der Waals surface area contributed by atoms with Crippen LogP contribution in [0.25, 0.3) is 0 Å². The molecule has 29 heavy (non-hydrogen) atoms. The molecule has 2 aromatic carbocycles. The van der Waals surface area contributed by atoms with Crippen LogP contribution in [0, 0.1) is 22.0 Å². The minimum absolute atomic E-state index is 0.161. The van der Waals surface area contributed by atoms with Crippen molar-refractivity contribution in [2.24, 2.45) is 11.8 Å². The number of fused-ring (bicyclic) bond motifs is 4. The van der Waals surface area contributed by atoms with E-state index in [-0.39, 0.29) is 16.7 Å². The number of nitro benzene ring substituents is 1. The van der Waals surface area contributed by atoms with Crippen LogP contribution in [0.4, 0.5) is 11.4 Å². The van der Waals surface area contributed by atoms with Gasteiger partial charge in [0.25, 0.3) is 5.69 Å². The van der Waals surface area contributed by atoms with Crippen LogP contribution < -0.4 is 4.90 Å². The Bertz CT molecular complexity index is 1060. The number of benzene rings is 2. The van der Waals surface area contributed by atoms with Crippen LogP contribution >= 0.6 is 15.9 Å². The van der Waals surface area contributed by atoms with E-state index in [4.69, 9.17) is 0 Å². The second kappa shape index (κ2) is 6.30. The molecule has 2 heterocycles. The molecule has 0 radical (unpaired) electrons. The van der Waals surface area contributed by atoms with Crippen molar-refractivity contribution in [2.45, 2.75) is 30.7 Å². The van der Waals surface area contributed by atoms with Crippen LogP contribution in [0.1, 0.15) is 47.4 Å². The maximum absolute atomic E-state index is 11.1. The molecule has 0 spiro atoms. The molecule has 0 N–H and O–H groups in total. The second-order valence-corrected chi connectivity index (χ2v) is 9.60. The Balaban J connectivity index is 1.54. The van der Waals surface area contributed by atoms with E-state index in [0.29, 0.717) is 23.7 Å². The summed E-state index contributed by atoms with van der Waals surface area (Å²) in [6.07, 6.45) is 11.6. The summed E-state index contributed by atoms with van der Waals surface area (Å²) in [6.45, 7) is 1.05. The quantitative estimate of drug-likeness (QED) is 0.309. The predicted molar refractivity (Wildman–Crippen MR) is 117 cm³/mol. The van der Waals surface area contributed by atoms with Crippen molar-refractivity contribution < 1.29 is 4.92 Å². The zero-order valence-corrected chi connectivity index (χ0v) is 17.5. The first kappa shape index (κ1) is 17.5. The third-order valence-corrected chi connectivity index (χ3v) is 7.72. The van der Waals surface area contributed by atoms with Crippen molar-refractivity contribution in [2.75, 3.05) is 11.4 Å². The Morgan fingerprint density at radius 3 is 2.45 bits per heavy atom.